The van der Waals surface area contributed by atoms with E-state index >= 15 is 0 Å². The third-order valence-corrected chi connectivity index (χ3v) is 5.43. The van der Waals surface area contributed by atoms with Crippen molar-refractivity contribution in [3.05, 3.63) is 24.3 Å². The Morgan fingerprint density at radius 2 is 2.05 bits per heavy atom. The second-order valence-corrected chi connectivity index (χ2v) is 6.66. The molecule has 1 aliphatic rings. The van der Waals surface area contributed by atoms with Crippen molar-refractivity contribution in [2.45, 2.75) is 35.7 Å². The Bertz CT molecular complexity index is 695. The number of aromatic nitrogens is 1. The van der Waals surface area contributed by atoms with Crippen LogP contribution in [-0.4, -0.2) is 31.9 Å². The highest BCUT2D eigenvalue weighted by atomic mass is 32.2. The molecule has 0 saturated heterocycles. The van der Waals surface area contributed by atoms with E-state index in [-0.39, 0.29) is 5.22 Å². The number of carboxylic acids is 2. The number of oxazole rings is 1. The molecule has 116 valence electrons. The maximum atomic E-state index is 11.9. The van der Waals surface area contributed by atoms with Crippen LogP contribution >= 0.6 is 11.8 Å². The zero-order chi connectivity index (χ0) is 15.7. The van der Waals surface area contributed by atoms with Crippen molar-refractivity contribution in [3.8, 4) is 0 Å². The van der Waals surface area contributed by atoms with Crippen LogP contribution in [0.5, 0.6) is 0 Å². The summed E-state index contributed by atoms with van der Waals surface area (Å²) in [4.78, 5) is 27.6. The molecular weight excluding hydrogens is 306 g/mol. The van der Waals surface area contributed by atoms with Crippen LogP contribution in [0, 0.1) is 5.92 Å². The predicted octanol–water partition coefficient (Wildman–Crippen LogP) is 3.02. The molecule has 1 aromatic carbocycles. The fourth-order valence-electron chi connectivity index (χ4n) is 2.94. The summed E-state index contributed by atoms with van der Waals surface area (Å²) in [6.07, 6.45) is 2.06. The number of nitrogens with zero attached hydrogens (tertiary/aromatic N) is 1. The summed E-state index contributed by atoms with van der Waals surface area (Å²) < 4.78 is 4.14. The minimum Gasteiger partial charge on any atom is -0.481 e. The van der Waals surface area contributed by atoms with Crippen LogP contribution in [-0.2, 0) is 9.59 Å². The summed E-state index contributed by atoms with van der Waals surface area (Å²) in [6, 6.07) is 7.13. The lowest BCUT2D eigenvalue weighted by molar-refractivity contribution is -0.153. The highest BCUT2D eigenvalue weighted by Crippen LogP contribution is 2.48. The van der Waals surface area contributed by atoms with Crippen molar-refractivity contribution in [1.82, 2.24) is 4.98 Å². The summed E-state index contributed by atoms with van der Waals surface area (Å²) in [5.74, 6) is -3.14. The van der Waals surface area contributed by atoms with Crippen molar-refractivity contribution in [2.24, 2.45) is 5.92 Å². The number of carbonyl (C=O) groups is 2. The molecule has 2 unspecified atom stereocenters. The first-order valence-corrected chi connectivity index (χ1v) is 7.85. The Hall–Kier alpha value is -2.02. The summed E-state index contributed by atoms with van der Waals surface area (Å²) in [5, 5.41) is 19.3. The maximum absolute atomic E-state index is 11.9. The van der Waals surface area contributed by atoms with E-state index in [0.717, 1.165) is 18.2 Å². The van der Waals surface area contributed by atoms with Crippen LogP contribution < -0.4 is 0 Å². The Labute approximate surface area is 130 Å². The SMILES string of the molecule is O=C(O)C1CCCCC1(Sc1nc2ccccc2o1)C(=O)O. The molecule has 1 fully saturated rings. The molecule has 1 heterocycles. The first-order valence-electron chi connectivity index (χ1n) is 7.04. The van der Waals surface area contributed by atoms with Crippen LogP contribution in [0.4, 0.5) is 0 Å². The van der Waals surface area contributed by atoms with E-state index in [1.165, 1.54) is 0 Å². The maximum Gasteiger partial charge on any atom is 0.321 e. The molecule has 0 aliphatic heterocycles. The van der Waals surface area contributed by atoms with E-state index < -0.39 is 22.6 Å². The van der Waals surface area contributed by atoms with Crippen LogP contribution in [0.1, 0.15) is 25.7 Å². The number of fused-ring (bicyclic) bond motifs is 1. The molecule has 7 heteroatoms. The smallest absolute Gasteiger partial charge is 0.321 e. The minimum absolute atomic E-state index is 0.205. The first-order chi connectivity index (χ1) is 10.5. The van der Waals surface area contributed by atoms with Crippen molar-refractivity contribution >= 4 is 34.8 Å². The topological polar surface area (TPSA) is 101 Å². The van der Waals surface area contributed by atoms with Gasteiger partial charge in [-0.15, -0.1) is 0 Å². The molecule has 1 saturated carbocycles. The van der Waals surface area contributed by atoms with Crippen LogP contribution in [0.25, 0.3) is 11.1 Å². The second kappa shape index (κ2) is 5.64. The van der Waals surface area contributed by atoms with E-state index in [4.69, 9.17) is 4.42 Å². The van der Waals surface area contributed by atoms with E-state index in [9.17, 15) is 19.8 Å². The first kappa shape index (κ1) is 14.9. The van der Waals surface area contributed by atoms with Gasteiger partial charge in [0, 0.05) is 0 Å². The van der Waals surface area contributed by atoms with Crippen molar-refractivity contribution in [3.63, 3.8) is 0 Å². The number of carboxylic acid groups (broad SMARTS) is 2. The fraction of sp³-hybridized carbons (Fsp3) is 0.400. The molecule has 2 aromatic rings. The van der Waals surface area contributed by atoms with Crippen molar-refractivity contribution < 1.29 is 24.2 Å². The molecule has 0 spiro atoms. The Balaban J connectivity index is 1.99. The minimum atomic E-state index is -1.43. The van der Waals surface area contributed by atoms with Gasteiger partial charge in [0.05, 0.1) is 5.92 Å². The number of thioether (sulfide) groups is 1. The molecule has 2 atom stereocenters. The molecule has 0 amide bonds. The normalized spacial score (nSPS) is 25.2. The lowest BCUT2D eigenvalue weighted by Gasteiger charge is -2.36. The lowest BCUT2D eigenvalue weighted by atomic mass is 9.78. The third kappa shape index (κ3) is 2.45. The van der Waals surface area contributed by atoms with Gasteiger partial charge in [0.25, 0.3) is 5.22 Å². The van der Waals surface area contributed by atoms with E-state index in [1.807, 2.05) is 6.07 Å². The second-order valence-electron chi connectivity index (χ2n) is 5.38. The highest BCUT2D eigenvalue weighted by Gasteiger charge is 2.53. The zero-order valence-electron chi connectivity index (χ0n) is 11.7. The molecule has 1 aliphatic carbocycles. The lowest BCUT2D eigenvalue weighted by Crippen LogP contribution is -2.48. The van der Waals surface area contributed by atoms with Gasteiger partial charge in [-0.1, -0.05) is 25.0 Å². The van der Waals surface area contributed by atoms with Gasteiger partial charge in [-0.05, 0) is 36.7 Å². The van der Waals surface area contributed by atoms with E-state index in [0.29, 0.717) is 30.4 Å². The number of rotatable bonds is 4. The highest BCUT2D eigenvalue weighted by molar-refractivity contribution is 8.01. The number of hydrogen-bond acceptors (Lipinski definition) is 5. The van der Waals surface area contributed by atoms with Gasteiger partial charge in [0.15, 0.2) is 5.58 Å². The molecule has 2 N–H and O–H groups in total. The van der Waals surface area contributed by atoms with E-state index in [1.54, 1.807) is 18.2 Å². The van der Waals surface area contributed by atoms with Crippen LogP contribution in [0.3, 0.4) is 0 Å². The van der Waals surface area contributed by atoms with Crippen LogP contribution in [0.2, 0.25) is 0 Å². The van der Waals surface area contributed by atoms with Gasteiger partial charge in [-0.3, -0.25) is 9.59 Å². The summed E-state index contributed by atoms with van der Waals surface area (Å²) >= 11 is 0.924. The third-order valence-electron chi connectivity index (χ3n) is 4.06. The number of hydrogen-bond donors (Lipinski definition) is 2. The Morgan fingerprint density at radius 1 is 1.27 bits per heavy atom. The zero-order valence-corrected chi connectivity index (χ0v) is 12.5. The molecule has 3 rings (SSSR count). The fourth-order valence-corrected chi connectivity index (χ4v) is 4.22. The van der Waals surface area contributed by atoms with Crippen molar-refractivity contribution in [2.75, 3.05) is 0 Å². The number of para-hydroxylation sites is 2. The Morgan fingerprint density at radius 3 is 2.73 bits per heavy atom. The molecular formula is C15H15NO5S. The largest absolute Gasteiger partial charge is 0.481 e. The van der Waals surface area contributed by atoms with Gasteiger partial charge < -0.3 is 14.6 Å². The number of aliphatic carboxylic acids is 2. The average Bonchev–Trinajstić information content (AvgIpc) is 2.89. The summed E-state index contributed by atoms with van der Waals surface area (Å²) in [5.41, 5.74) is 1.20. The van der Waals surface area contributed by atoms with Crippen LogP contribution in [0.15, 0.2) is 33.9 Å². The molecule has 0 bridgehead atoms. The number of benzene rings is 1. The molecule has 22 heavy (non-hydrogen) atoms. The van der Waals surface area contributed by atoms with Crippen molar-refractivity contribution in [1.29, 1.82) is 0 Å². The van der Waals surface area contributed by atoms with Gasteiger partial charge in [-0.25, -0.2) is 4.98 Å². The standard InChI is InChI=1S/C15H15NO5S/c17-12(18)9-5-3-4-8-15(9,13(19)20)22-14-16-10-6-1-2-7-11(10)21-14/h1-2,6-7,9H,3-5,8H2,(H,17,18)(H,19,20). The molecule has 6 nitrogen and oxygen atoms in total. The summed E-state index contributed by atoms with van der Waals surface area (Å²) in [7, 11) is 0. The quantitative estimate of drug-likeness (QED) is 0.892. The predicted molar refractivity (Wildman–Crippen MR) is 79.8 cm³/mol. The van der Waals surface area contributed by atoms with Gasteiger partial charge in [-0.2, -0.15) is 0 Å². The summed E-state index contributed by atoms with van der Waals surface area (Å²) in [6.45, 7) is 0. The van der Waals surface area contributed by atoms with Gasteiger partial charge >= 0.3 is 11.9 Å². The van der Waals surface area contributed by atoms with Gasteiger partial charge in [0.1, 0.15) is 10.3 Å². The van der Waals surface area contributed by atoms with E-state index in [2.05, 4.69) is 4.98 Å². The average molecular weight is 321 g/mol. The molecule has 1 aromatic heterocycles. The molecule has 0 radical (unpaired) electrons. The Kier molecular flexibility index (Phi) is 3.82. The van der Waals surface area contributed by atoms with Gasteiger partial charge in [0.2, 0.25) is 0 Å². The monoisotopic (exact) mass is 321 g/mol.